The van der Waals surface area contributed by atoms with Gasteiger partial charge in [-0.15, -0.1) is 24.8 Å². The normalized spacial score (nSPS) is 11.3. The third kappa shape index (κ3) is 5.63. The third-order valence-corrected chi connectivity index (χ3v) is 3.05. The molecule has 22 heavy (non-hydrogen) atoms. The van der Waals surface area contributed by atoms with Crippen molar-refractivity contribution in [2.45, 2.75) is 26.4 Å². The highest BCUT2D eigenvalue weighted by Gasteiger charge is 2.16. The quantitative estimate of drug-likeness (QED) is 0.868. The first-order valence-electron chi connectivity index (χ1n) is 6.54. The van der Waals surface area contributed by atoms with Gasteiger partial charge in [-0.05, 0) is 23.6 Å². The number of halogens is 2. The Kier molecular flexibility index (Phi) is 8.70. The zero-order chi connectivity index (χ0) is 14.5. The van der Waals surface area contributed by atoms with Crippen LogP contribution in [0.5, 0.6) is 0 Å². The molecule has 1 aromatic heterocycles. The van der Waals surface area contributed by atoms with E-state index in [0.29, 0.717) is 6.54 Å². The number of carbonyl (C=O) groups is 1. The minimum atomic E-state index is -0.496. The SMILES string of the molecule is CC(C)[C@@H](N)C(=O)Nc1ccc(Cn2cncn2)cc1.Cl.Cl. The van der Waals surface area contributed by atoms with Crippen LogP contribution in [-0.4, -0.2) is 26.7 Å². The maximum atomic E-state index is 11.8. The largest absolute Gasteiger partial charge is 0.325 e. The first-order valence-corrected chi connectivity index (χ1v) is 6.54. The van der Waals surface area contributed by atoms with Crippen molar-refractivity contribution < 1.29 is 4.79 Å². The molecule has 0 aliphatic carbocycles. The van der Waals surface area contributed by atoms with E-state index < -0.39 is 6.04 Å². The predicted octanol–water partition coefficient (Wildman–Crippen LogP) is 2.09. The molecule has 6 nitrogen and oxygen atoms in total. The van der Waals surface area contributed by atoms with Crippen molar-refractivity contribution in [3.05, 3.63) is 42.5 Å². The number of hydrogen-bond acceptors (Lipinski definition) is 4. The van der Waals surface area contributed by atoms with Crippen molar-refractivity contribution in [3.63, 3.8) is 0 Å². The summed E-state index contributed by atoms with van der Waals surface area (Å²) in [6.07, 6.45) is 3.17. The number of carbonyl (C=O) groups excluding carboxylic acids is 1. The van der Waals surface area contributed by atoms with Gasteiger partial charge in [0, 0.05) is 5.69 Å². The Hall–Kier alpha value is -1.63. The van der Waals surface area contributed by atoms with Gasteiger partial charge in [0.25, 0.3) is 0 Å². The van der Waals surface area contributed by atoms with Gasteiger partial charge in [-0.1, -0.05) is 26.0 Å². The Balaban J connectivity index is 0.00000220. The molecular weight excluding hydrogens is 325 g/mol. The van der Waals surface area contributed by atoms with Crippen molar-refractivity contribution in [2.24, 2.45) is 11.7 Å². The Morgan fingerprint density at radius 2 is 1.91 bits per heavy atom. The Bertz CT molecular complexity index is 557. The van der Waals surface area contributed by atoms with Crippen molar-refractivity contribution in [2.75, 3.05) is 5.32 Å². The highest BCUT2D eigenvalue weighted by Crippen LogP contribution is 2.11. The molecule has 1 amide bonds. The van der Waals surface area contributed by atoms with E-state index >= 15 is 0 Å². The summed E-state index contributed by atoms with van der Waals surface area (Å²) in [5.41, 5.74) is 7.63. The number of anilines is 1. The molecule has 2 aromatic rings. The van der Waals surface area contributed by atoms with Gasteiger partial charge in [0.05, 0.1) is 12.6 Å². The van der Waals surface area contributed by atoms with E-state index in [4.69, 9.17) is 5.73 Å². The number of nitrogens with zero attached hydrogens (tertiary/aromatic N) is 3. The van der Waals surface area contributed by atoms with Crippen LogP contribution in [0.4, 0.5) is 5.69 Å². The van der Waals surface area contributed by atoms with E-state index in [9.17, 15) is 4.79 Å². The van der Waals surface area contributed by atoms with Gasteiger partial charge in [0.1, 0.15) is 12.7 Å². The second-order valence-electron chi connectivity index (χ2n) is 5.05. The fraction of sp³-hybridized carbons (Fsp3) is 0.357. The second kappa shape index (κ2) is 9.40. The predicted molar refractivity (Wildman–Crippen MR) is 91.5 cm³/mol. The lowest BCUT2D eigenvalue weighted by Gasteiger charge is -2.15. The number of nitrogens with one attached hydrogen (secondary N) is 1. The standard InChI is InChI=1S/C14H19N5O.2ClH/c1-10(2)13(15)14(20)18-12-5-3-11(4-6-12)7-19-9-16-8-17-19;;/h3-6,8-10,13H,7,15H2,1-2H3,(H,18,20);2*1H/t13-;;/m1../s1. The lowest BCUT2D eigenvalue weighted by Crippen LogP contribution is -2.39. The summed E-state index contributed by atoms with van der Waals surface area (Å²) in [4.78, 5) is 15.7. The molecule has 8 heteroatoms. The number of nitrogens with two attached hydrogens (primary N) is 1. The molecule has 1 aromatic carbocycles. The van der Waals surface area contributed by atoms with Crippen LogP contribution in [0.25, 0.3) is 0 Å². The van der Waals surface area contributed by atoms with Gasteiger partial charge in [0.15, 0.2) is 0 Å². The Labute approximate surface area is 142 Å². The fourth-order valence-corrected chi connectivity index (χ4v) is 1.72. The second-order valence-corrected chi connectivity index (χ2v) is 5.05. The van der Waals surface area contributed by atoms with Crippen molar-refractivity contribution >= 4 is 36.4 Å². The number of hydrogen-bond donors (Lipinski definition) is 2. The van der Waals surface area contributed by atoms with Crippen molar-refractivity contribution in [1.82, 2.24) is 14.8 Å². The van der Waals surface area contributed by atoms with Crippen molar-refractivity contribution in [1.29, 1.82) is 0 Å². The van der Waals surface area contributed by atoms with Crippen LogP contribution in [-0.2, 0) is 11.3 Å². The molecule has 0 unspecified atom stereocenters. The fourth-order valence-electron chi connectivity index (χ4n) is 1.72. The van der Waals surface area contributed by atoms with Crippen LogP contribution < -0.4 is 11.1 Å². The molecule has 0 aliphatic rings. The smallest absolute Gasteiger partial charge is 0.241 e. The van der Waals surface area contributed by atoms with Gasteiger partial charge in [0.2, 0.25) is 5.91 Å². The van der Waals surface area contributed by atoms with E-state index in [1.165, 1.54) is 6.33 Å². The van der Waals surface area contributed by atoms with Crippen LogP contribution in [0.3, 0.4) is 0 Å². The minimum absolute atomic E-state index is 0. The van der Waals surface area contributed by atoms with Crippen LogP contribution in [0.15, 0.2) is 36.9 Å². The number of rotatable bonds is 5. The highest BCUT2D eigenvalue weighted by molar-refractivity contribution is 5.94. The summed E-state index contributed by atoms with van der Waals surface area (Å²) in [6.45, 7) is 4.50. The molecule has 3 N–H and O–H groups in total. The number of aromatic nitrogens is 3. The van der Waals surface area contributed by atoms with E-state index in [2.05, 4.69) is 15.4 Å². The molecule has 0 aliphatic heterocycles. The summed E-state index contributed by atoms with van der Waals surface area (Å²) < 4.78 is 1.74. The number of amides is 1. The molecule has 0 fully saturated rings. The van der Waals surface area contributed by atoms with Gasteiger partial charge < -0.3 is 11.1 Å². The van der Waals surface area contributed by atoms with E-state index in [-0.39, 0.29) is 36.6 Å². The number of benzene rings is 1. The first kappa shape index (κ1) is 20.4. The summed E-state index contributed by atoms with van der Waals surface area (Å²) in [6, 6.07) is 7.11. The summed E-state index contributed by atoms with van der Waals surface area (Å²) in [7, 11) is 0. The Morgan fingerprint density at radius 3 is 2.41 bits per heavy atom. The lowest BCUT2D eigenvalue weighted by atomic mass is 10.0. The van der Waals surface area contributed by atoms with Crippen LogP contribution in [0.2, 0.25) is 0 Å². The van der Waals surface area contributed by atoms with Crippen LogP contribution in [0.1, 0.15) is 19.4 Å². The van der Waals surface area contributed by atoms with Crippen LogP contribution in [0, 0.1) is 5.92 Å². The molecule has 1 heterocycles. The first-order chi connectivity index (χ1) is 9.56. The maximum absolute atomic E-state index is 11.8. The molecule has 0 saturated heterocycles. The van der Waals surface area contributed by atoms with Crippen molar-refractivity contribution in [3.8, 4) is 0 Å². The van der Waals surface area contributed by atoms with Crippen LogP contribution >= 0.6 is 24.8 Å². The molecule has 2 rings (SSSR count). The zero-order valence-electron chi connectivity index (χ0n) is 12.5. The topological polar surface area (TPSA) is 85.8 Å². The monoisotopic (exact) mass is 345 g/mol. The third-order valence-electron chi connectivity index (χ3n) is 3.05. The molecule has 0 saturated carbocycles. The minimum Gasteiger partial charge on any atom is -0.325 e. The molecule has 0 spiro atoms. The van der Waals surface area contributed by atoms with E-state index in [1.807, 2.05) is 38.1 Å². The maximum Gasteiger partial charge on any atom is 0.241 e. The average Bonchev–Trinajstić information content (AvgIpc) is 2.92. The van der Waals surface area contributed by atoms with E-state index in [0.717, 1.165) is 11.3 Å². The Morgan fingerprint density at radius 1 is 1.27 bits per heavy atom. The summed E-state index contributed by atoms with van der Waals surface area (Å²) in [5.74, 6) is -0.0504. The molecule has 1 atom stereocenters. The molecule has 122 valence electrons. The molecule has 0 radical (unpaired) electrons. The van der Waals surface area contributed by atoms with E-state index in [1.54, 1.807) is 11.0 Å². The molecule has 0 bridgehead atoms. The highest BCUT2D eigenvalue weighted by atomic mass is 35.5. The summed E-state index contributed by atoms with van der Waals surface area (Å²) in [5, 5.41) is 6.85. The van der Waals surface area contributed by atoms with Gasteiger partial charge in [-0.25, -0.2) is 9.67 Å². The average molecular weight is 346 g/mol. The van der Waals surface area contributed by atoms with Gasteiger partial charge in [-0.3, -0.25) is 4.79 Å². The zero-order valence-corrected chi connectivity index (χ0v) is 14.1. The van der Waals surface area contributed by atoms with Gasteiger partial charge in [-0.2, -0.15) is 5.10 Å². The van der Waals surface area contributed by atoms with Gasteiger partial charge >= 0.3 is 0 Å². The summed E-state index contributed by atoms with van der Waals surface area (Å²) >= 11 is 0. The molecular formula is C14H21Cl2N5O. The lowest BCUT2D eigenvalue weighted by molar-refractivity contribution is -0.118.